The third-order valence-corrected chi connectivity index (χ3v) is 4.55. The van der Waals surface area contributed by atoms with Gasteiger partial charge < -0.3 is 10.5 Å². The quantitative estimate of drug-likeness (QED) is 0.778. The minimum Gasteiger partial charge on any atom is -0.492 e. The summed E-state index contributed by atoms with van der Waals surface area (Å²) in [5.41, 5.74) is 8.30. The number of hydrazone groups is 1. The molecule has 6 nitrogen and oxygen atoms in total. The van der Waals surface area contributed by atoms with Crippen LogP contribution in [-0.2, 0) is 0 Å². The molecule has 140 valence electrons. The van der Waals surface area contributed by atoms with E-state index in [2.05, 4.69) is 17.2 Å². The molecule has 1 heterocycles. The van der Waals surface area contributed by atoms with Crippen LogP contribution in [-0.4, -0.2) is 18.5 Å². The predicted molar refractivity (Wildman–Crippen MR) is 110 cm³/mol. The van der Waals surface area contributed by atoms with Crippen molar-refractivity contribution in [1.82, 2.24) is 0 Å². The molecule has 7 heteroatoms. The number of hydrogen-bond donors (Lipinski definition) is 1. The highest BCUT2D eigenvalue weighted by atomic mass is 35.5. The minimum atomic E-state index is -0.732. The molecule has 2 atom stereocenters. The lowest BCUT2D eigenvalue weighted by Crippen LogP contribution is -2.40. The second-order valence-electron chi connectivity index (χ2n) is 6.06. The monoisotopic (exact) mass is 391 g/mol. The minimum absolute atomic E-state index is 0.264. The fourth-order valence-corrected chi connectivity index (χ4v) is 3.17. The van der Waals surface area contributed by atoms with Crippen molar-refractivity contribution in [3.05, 3.63) is 64.7 Å². The van der Waals surface area contributed by atoms with Crippen LogP contribution < -0.4 is 15.5 Å². The number of hydrogen-bond acceptors (Lipinski definition) is 6. The van der Waals surface area contributed by atoms with E-state index in [0.29, 0.717) is 28.7 Å². The summed E-state index contributed by atoms with van der Waals surface area (Å²) in [6.45, 7) is 2.38. The standard InChI is InChI=1S/C21H18ClN5O/c1-2-28-19-9-8-14(11-18(19)22)10-15(12-23)20-17(13-24)21(25)27(26-20)16-6-4-3-5-7-16/h3-11,17,21H,2,25H2,1H3/b15-10-/t17-,21+/m1/s1. The lowest BCUT2D eigenvalue weighted by Gasteiger charge is -2.21. The van der Waals surface area contributed by atoms with E-state index in [9.17, 15) is 10.5 Å². The number of benzene rings is 2. The third-order valence-electron chi connectivity index (χ3n) is 4.26. The van der Waals surface area contributed by atoms with E-state index in [1.54, 1.807) is 29.3 Å². The summed E-state index contributed by atoms with van der Waals surface area (Å²) in [5.74, 6) is -0.158. The first kappa shape index (κ1) is 19.4. The molecule has 0 bridgehead atoms. The topological polar surface area (TPSA) is 98.4 Å². The molecule has 28 heavy (non-hydrogen) atoms. The Balaban J connectivity index is 1.99. The number of rotatable bonds is 5. The molecule has 2 N–H and O–H groups in total. The van der Waals surface area contributed by atoms with Crippen LogP contribution in [0.25, 0.3) is 6.08 Å². The second kappa shape index (κ2) is 8.58. The molecule has 0 unspecified atom stereocenters. The number of halogens is 1. The molecule has 0 amide bonds. The second-order valence-corrected chi connectivity index (χ2v) is 6.46. The van der Waals surface area contributed by atoms with E-state index in [-0.39, 0.29) is 5.57 Å². The summed E-state index contributed by atoms with van der Waals surface area (Å²) in [5, 5.41) is 25.8. The van der Waals surface area contributed by atoms with Gasteiger partial charge in [-0.1, -0.05) is 35.9 Å². The van der Waals surface area contributed by atoms with Gasteiger partial charge in [0.25, 0.3) is 0 Å². The number of ether oxygens (including phenoxy) is 1. The van der Waals surface area contributed by atoms with Crippen molar-refractivity contribution in [3.8, 4) is 17.9 Å². The first-order valence-electron chi connectivity index (χ1n) is 8.71. The average Bonchev–Trinajstić information content (AvgIpc) is 3.05. The van der Waals surface area contributed by atoms with Crippen LogP contribution in [0.2, 0.25) is 5.02 Å². The van der Waals surface area contributed by atoms with E-state index >= 15 is 0 Å². The van der Waals surface area contributed by atoms with Crippen molar-refractivity contribution in [2.45, 2.75) is 13.1 Å². The number of nitrogens with zero attached hydrogens (tertiary/aromatic N) is 4. The van der Waals surface area contributed by atoms with Crippen LogP contribution in [0.1, 0.15) is 12.5 Å². The maximum atomic E-state index is 9.69. The zero-order chi connectivity index (χ0) is 20.1. The highest BCUT2D eigenvalue weighted by Gasteiger charge is 2.37. The number of nitriles is 2. The molecule has 0 spiro atoms. The maximum absolute atomic E-state index is 9.69. The molecule has 0 saturated heterocycles. The number of anilines is 1. The van der Waals surface area contributed by atoms with Gasteiger partial charge in [0, 0.05) is 0 Å². The van der Waals surface area contributed by atoms with Gasteiger partial charge in [-0.15, -0.1) is 0 Å². The van der Waals surface area contributed by atoms with E-state index in [0.717, 1.165) is 5.69 Å². The molecule has 2 aromatic carbocycles. The number of nitrogens with two attached hydrogens (primary N) is 1. The number of para-hydroxylation sites is 1. The molecule has 3 rings (SSSR count). The SMILES string of the molecule is CCOc1ccc(/C=C(/C#N)C2=NN(c3ccccc3)[C@H](N)[C@@H]2C#N)cc1Cl. The maximum Gasteiger partial charge on any atom is 0.137 e. The summed E-state index contributed by atoms with van der Waals surface area (Å²) >= 11 is 6.23. The Kier molecular flexibility index (Phi) is 5.96. The van der Waals surface area contributed by atoms with Crippen molar-refractivity contribution in [3.63, 3.8) is 0 Å². The average molecular weight is 392 g/mol. The van der Waals surface area contributed by atoms with Gasteiger partial charge in [-0.25, -0.2) is 5.01 Å². The van der Waals surface area contributed by atoms with Crippen LogP contribution in [0.15, 0.2) is 59.2 Å². The lowest BCUT2D eigenvalue weighted by atomic mass is 9.95. The van der Waals surface area contributed by atoms with E-state index < -0.39 is 12.1 Å². The lowest BCUT2D eigenvalue weighted by molar-refractivity contribution is 0.340. The summed E-state index contributed by atoms with van der Waals surface area (Å²) in [7, 11) is 0. The van der Waals surface area contributed by atoms with Crippen molar-refractivity contribution >= 4 is 29.1 Å². The molecule has 1 aliphatic heterocycles. The number of allylic oxidation sites excluding steroid dienone is 1. The zero-order valence-electron chi connectivity index (χ0n) is 15.2. The Morgan fingerprint density at radius 1 is 1.29 bits per heavy atom. The van der Waals surface area contributed by atoms with Crippen molar-refractivity contribution in [2.75, 3.05) is 11.6 Å². The van der Waals surface area contributed by atoms with Crippen LogP contribution in [0.3, 0.4) is 0 Å². The molecular formula is C21H18ClN5O. The van der Waals surface area contributed by atoms with Gasteiger partial charge in [0.15, 0.2) is 0 Å². The molecular weight excluding hydrogens is 374 g/mol. The van der Waals surface area contributed by atoms with Crippen LogP contribution in [0.5, 0.6) is 5.75 Å². The molecule has 0 radical (unpaired) electrons. The van der Waals surface area contributed by atoms with Gasteiger partial charge in [0.1, 0.15) is 23.9 Å². The summed E-state index contributed by atoms with van der Waals surface area (Å²) in [4.78, 5) is 0. The van der Waals surface area contributed by atoms with Gasteiger partial charge in [0.2, 0.25) is 0 Å². The smallest absolute Gasteiger partial charge is 0.137 e. The fourth-order valence-electron chi connectivity index (χ4n) is 2.93. The Morgan fingerprint density at radius 2 is 2.04 bits per heavy atom. The van der Waals surface area contributed by atoms with Crippen molar-refractivity contribution < 1.29 is 4.74 Å². The fraction of sp³-hybridized carbons (Fsp3) is 0.190. The van der Waals surface area contributed by atoms with E-state index in [1.807, 2.05) is 37.3 Å². The van der Waals surface area contributed by atoms with Crippen molar-refractivity contribution in [1.29, 1.82) is 10.5 Å². The highest BCUT2D eigenvalue weighted by Crippen LogP contribution is 2.30. The summed E-state index contributed by atoms with van der Waals surface area (Å²) < 4.78 is 5.43. The largest absolute Gasteiger partial charge is 0.492 e. The van der Waals surface area contributed by atoms with Gasteiger partial charge in [-0.2, -0.15) is 15.6 Å². The zero-order valence-corrected chi connectivity index (χ0v) is 16.0. The molecule has 0 saturated carbocycles. The Bertz CT molecular complexity index is 1000. The van der Waals surface area contributed by atoms with E-state index in [1.165, 1.54) is 0 Å². The van der Waals surface area contributed by atoms with E-state index in [4.69, 9.17) is 22.1 Å². The van der Waals surface area contributed by atoms with Crippen molar-refractivity contribution in [2.24, 2.45) is 16.8 Å². The predicted octanol–water partition coefficient (Wildman–Crippen LogP) is 3.95. The highest BCUT2D eigenvalue weighted by molar-refractivity contribution is 6.32. The normalized spacial score (nSPS) is 19.0. The Labute approximate surface area is 168 Å². The Hall–Kier alpha value is -3.32. The molecule has 2 aromatic rings. The molecule has 0 fully saturated rings. The summed E-state index contributed by atoms with van der Waals surface area (Å²) in [6.07, 6.45) is 0.967. The molecule has 0 aromatic heterocycles. The van der Waals surface area contributed by atoms with Gasteiger partial charge >= 0.3 is 0 Å². The van der Waals surface area contributed by atoms with Gasteiger partial charge in [0.05, 0.1) is 34.7 Å². The van der Waals surface area contributed by atoms with Gasteiger partial charge in [-0.05, 0) is 42.8 Å². The first-order chi connectivity index (χ1) is 13.6. The van der Waals surface area contributed by atoms with Crippen LogP contribution >= 0.6 is 11.6 Å². The Morgan fingerprint density at radius 3 is 2.64 bits per heavy atom. The molecule has 0 aliphatic carbocycles. The molecule has 1 aliphatic rings. The first-order valence-corrected chi connectivity index (χ1v) is 9.09. The summed E-state index contributed by atoms with van der Waals surface area (Å²) in [6, 6.07) is 18.8. The van der Waals surface area contributed by atoms with Gasteiger partial charge in [-0.3, -0.25) is 0 Å². The third kappa shape index (κ3) is 3.84. The van der Waals surface area contributed by atoms with Crippen LogP contribution in [0, 0.1) is 28.6 Å². The van der Waals surface area contributed by atoms with Crippen LogP contribution in [0.4, 0.5) is 5.69 Å².